The molecule has 3 atom stereocenters. The van der Waals surface area contributed by atoms with Gasteiger partial charge in [0, 0.05) is 24.9 Å². The zero-order chi connectivity index (χ0) is 18.3. The Bertz CT molecular complexity index is 812. The van der Waals surface area contributed by atoms with Crippen molar-refractivity contribution in [2.45, 2.75) is 57.5 Å². The first kappa shape index (κ1) is 17.3. The van der Waals surface area contributed by atoms with Crippen molar-refractivity contribution < 1.29 is 19.1 Å². The van der Waals surface area contributed by atoms with Crippen LogP contribution in [-0.2, 0) is 16.0 Å². The van der Waals surface area contributed by atoms with Crippen LogP contribution in [0.15, 0.2) is 34.1 Å². The van der Waals surface area contributed by atoms with Crippen LogP contribution < -0.4 is 0 Å². The highest BCUT2D eigenvalue weighted by atomic mass is 32.1. The number of furan rings is 1. The molecule has 1 amide bonds. The SMILES string of the molecule is CC[C@@]1(C(=O)O)C[C@@H]2CC[C@H]1N2C(=O)CCc1ccc(-c2cccs2)o1. The summed E-state index contributed by atoms with van der Waals surface area (Å²) in [6, 6.07) is 7.79. The standard InChI is InChI=1S/C20H23NO4S/c1-2-20(19(23)24)12-13-5-9-17(20)21(13)18(22)10-7-14-6-8-15(25-14)16-4-3-11-26-16/h3-4,6,8,11,13,17H,2,5,7,9-10,12H2,1H3,(H,23,24)/t13-,17+,20+/m0/s1. The van der Waals surface area contributed by atoms with E-state index in [1.807, 2.05) is 41.5 Å². The molecule has 138 valence electrons. The number of hydrogen-bond acceptors (Lipinski definition) is 4. The van der Waals surface area contributed by atoms with Gasteiger partial charge >= 0.3 is 5.97 Å². The summed E-state index contributed by atoms with van der Waals surface area (Å²) >= 11 is 1.62. The van der Waals surface area contributed by atoms with E-state index in [0.717, 1.165) is 29.2 Å². The predicted molar refractivity (Wildman–Crippen MR) is 99.0 cm³/mol. The normalized spacial score (nSPS) is 27.2. The van der Waals surface area contributed by atoms with Crippen LogP contribution in [0.3, 0.4) is 0 Å². The lowest BCUT2D eigenvalue weighted by molar-refractivity contribution is -0.151. The molecule has 4 rings (SSSR count). The summed E-state index contributed by atoms with van der Waals surface area (Å²) in [6.07, 6.45) is 3.82. The number of carbonyl (C=O) groups is 2. The maximum Gasteiger partial charge on any atom is 0.311 e. The molecule has 2 aliphatic heterocycles. The summed E-state index contributed by atoms with van der Waals surface area (Å²) in [6.45, 7) is 1.92. The number of thiophene rings is 1. The molecular weight excluding hydrogens is 350 g/mol. The average Bonchev–Trinajstić information content (AvgIpc) is 3.42. The van der Waals surface area contributed by atoms with E-state index in [-0.39, 0.29) is 18.0 Å². The topological polar surface area (TPSA) is 70.8 Å². The van der Waals surface area contributed by atoms with Crippen molar-refractivity contribution in [3.63, 3.8) is 0 Å². The quantitative estimate of drug-likeness (QED) is 0.824. The Morgan fingerprint density at radius 1 is 1.35 bits per heavy atom. The predicted octanol–water partition coefficient (Wildman–Crippen LogP) is 4.19. The first-order chi connectivity index (χ1) is 12.5. The number of amides is 1. The zero-order valence-corrected chi connectivity index (χ0v) is 15.6. The van der Waals surface area contributed by atoms with Crippen molar-refractivity contribution in [3.8, 4) is 10.6 Å². The van der Waals surface area contributed by atoms with Crippen molar-refractivity contribution in [1.29, 1.82) is 0 Å². The highest BCUT2D eigenvalue weighted by molar-refractivity contribution is 7.13. The molecule has 0 aromatic carbocycles. The lowest BCUT2D eigenvalue weighted by atomic mass is 9.72. The number of aliphatic carboxylic acids is 1. The van der Waals surface area contributed by atoms with E-state index in [2.05, 4.69) is 0 Å². The molecule has 6 heteroatoms. The number of carboxylic acids is 1. The third-order valence-corrected chi connectivity index (χ3v) is 6.98. The highest BCUT2D eigenvalue weighted by Crippen LogP contribution is 2.52. The van der Waals surface area contributed by atoms with Crippen LogP contribution in [0.4, 0.5) is 0 Å². The van der Waals surface area contributed by atoms with Gasteiger partial charge in [-0.05, 0) is 49.3 Å². The lowest BCUT2D eigenvalue weighted by Gasteiger charge is -2.32. The minimum atomic E-state index is -0.754. The first-order valence-electron chi connectivity index (χ1n) is 9.22. The Balaban J connectivity index is 1.42. The van der Waals surface area contributed by atoms with Gasteiger partial charge in [-0.15, -0.1) is 11.3 Å². The fourth-order valence-corrected chi connectivity index (χ4v) is 5.43. The fourth-order valence-electron chi connectivity index (χ4n) is 4.74. The van der Waals surface area contributed by atoms with Crippen LogP contribution in [0.5, 0.6) is 0 Å². The maximum absolute atomic E-state index is 12.8. The van der Waals surface area contributed by atoms with Crippen LogP contribution in [0, 0.1) is 5.41 Å². The fraction of sp³-hybridized carbons (Fsp3) is 0.500. The van der Waals surface area contributed by atoms with Gasteiger partial charge in [0.15, 0.2) is 0 Å². The third-order valence-electron chi connectivity index (χ3n) is 6.10. The van der Waals surface area contributed by atoms with E-state index in [9.17, 15) is 14.7 Å². The first-order valence-corrected chi connectivity index (χ1v) is 10.1. The van der Waals surface area contributed by atoms with Crippen molar-refractivity contribution in [1.82, 2.24) is 4.90 Å². The number of carbonyl (C=O) groups excluding carboxylic acids is 1. The van der Waals surface area contributed by atoms with Gasteiger partial charge in [0.2, 0.25) is 5.91 Å². The number of aryl methyl sites for hydroxylation is 1. The maximum atomic E-state index is 12.8. The van der Waals surface area contributed by atoms with E-state index < -0.39 is 11.4 Å². The monoisotopic (exact) mass is 373 g/mol. The number of hydrogen-bond donors (Lipinski definition) is 1. The summed E-state index contributed by atoms with van der Waals surface area (Å²) in [5, 5.41) is 11.7. The molecule has 0 spiro atoms. The van der Waals surface area contributed by atoms with Gasteiger partial charge < -0.3 is 14.4 Å². The molecule has 0 radical (unpaired) electrons. The number of fused-ring (bicyclic) bond motifs is 2. The van der Waals surface area contributed by atoms with Crippen LogP contribution in [0.25, 0.3) is 10.6 Å². The van der Waals surface area contributed by atoms with E-state index in [4.69, 9.17) is 4.42 Å². The Morgan fingerprint density at radius 3 is 2.85 bits per heavy atom. The van der Waals surface area contributed by atoms with Gasteiger partial charge in [-0.25, -0.2) is 0 Å². The Kier molecular flexibility index (Phi) is 4.39. The second-order valence-electron chi connectivity index (χ2n) is 7.31. The molecule has 2 aromatic heterocycles. The van der Waals surface area contributed by atoms with Crippen molar-refractivity contribution >= 4 is 23.2 Å². The highest BCUT2D eigenvalue weighted by Gasteiger charge is 2.60. The van der Waals surface area contributed by atoms with Gasteiger partial charge in [-0.2, -0.15) is 0 Å². The minimum absolute atomic E-state index is 0.0585. The second-order valence-corrected chi connectivity index (χ2v) is 8.26. The molecule has 2 fully saturated rings. The van der Waals surface area contributed by atoms with Gasteiger partial charge in [0.1, 0.15) is 11.5 Å². The molecule has 2 saturated heterocycles. The Morgan fingerprint density at radius 2 is 2.19 bits per heavy atom. The zero-order valence-electron chi connectivity index (χ0n) is 14.8. The van der Waals surface area contributed by atoms with Gasteiger partial charge in [0.25, 0.3) is 0 Å². The molecule has 26 heavy (non-hydrogen) atoms. The van der Waals surface area contributed by atoms with Crippen molar-refractivity contribution in [2.24, 2.45) is 5.41 Å². The minimum Gasteiger partial charge on any atom is -0.481 e. The largest absolute Gasteiger partial charge is 0.481 e. The molecule has 0 unspecified atom stereocenters. The second kappa shape index (κ2) is 6.58. The summed E-state index contributed by atoms with van der Waals surface area (Å²) < 4.78 is 5.86. The van der Waals surface area contributed by atoms with E-state index >= 15 is 0 Å². The molecule has 2 bridgehead atoms. The molecule has 5 nitrogen and oxygen atoms in total. The van der Waals surface area contributed by atoms with Crippen LogP contribution in [0.2, 0.25) is 0 Å². The molecule has 2 aliphatic rings. The van der Waals surface area contributed by atoms with E-state index in [1.54, 1.807) is 11.3 Å². The summed E-state index contributed by atoms with van der Waals surface area (Å²) in [5.41, 5.74) is -0.754. The van der Waals surface area contributed by atoms with Gasteiger partial charge in [-0.3, -0.25) is 9.59 Å². The van der Waals surface area contributed by atoms with Crippen LogP contribution in [-0.4, -0.2) is 34.0 Å². The van der Waals surface area contributed by atoms with Crippen molar-refractivity contribution in [2.75, 3.05) is 0 Å². The third kappa shape index (κ3) is 2.67. The Labute approximate surface area is 156 Å². The molecule has 2 aromatic rings. The molecule has 0 saturated carbocycles. The number of rotatable bonds is 6. The molecule has 4 heterocycles. The van der Waals surface area contributed by atoms with Gasteiger partial charge in [-0.1, -0.05) is 13.0 Å². The summed E-state index contributed by atoms with van der Waals surface area (Å²) in [5.74, 6) is 0.938. The van der Waals surface area contributed by atoms with Gasteiger partial charge in [0.05, 0.1) is 10.3 Å². The van der Waals surface area contributed by atoms with Crippen molar-refractivity contribution in [3.05, 3.63) is 35.4 Å². The molecular formula is C20H23NO4S. The average molecular weight is 373 g/mol. The summed E-state index contributed by atoms with van der Waals surface area (Å²) in [7, 11) is 0. The lowest BCUT2D eigenvalue weighted by Crippen LogP contribution is -2.44. The summed E-state index contributed by atoms with van der Waals surface area (Å²) in [4.78, 5) is 27.6. The van der Waals surface area contributed by atoms with E-state index in [1.165, 1.54) is 0 Å². The Hall–Kier alpha value is -2.08. The van der Waals surface area contributed by atoms with E-state index in [0.29, 0.717) is 25.7 Å². The number of carboxylic acid groups (broad SMARTS) is 1. The van der Waals surface area contributed by atoms with Crippen LogP contribution in [0.1, 0.15) is 44.8 Å². The smallest absolute Gasteiger partial charge is 0.311 e. The number of nitrogens with zero attached hydrogens (tertiary/aromatic N) is 1. The molecule has 0 aliphatic carbocycles. The van der Waals surface area contributed by atoms with Crippen LogP contribution >= 0.6 is 11.3 Å². The molecule has 1 N–H and O–H groups in total.